The minimum absolute atomic E-state index is 0.0738. The second-order valence-electron chi connectivity index (χ2n) is 5.81. The van der Waals surface area contributed by atoms with Crippen LogP contribution in [0.3, 0.4) is 0 Å². The summed E-state index contributed by atoms with van der Waals surface area (Å²) in [5.41, 5.74) is 2.20. The molecule has 0 unspecified atom stereocenters. The molecule has 1 aromatic carbocycles. The minimum Gasteiger partial charge on any atom is -0.466 e. The van der Waals surface area contributed by atoms with Gasteiger partial charge >= 0.3 is 5.97 Å². The molecule has 1 aliphatic heterocycles. The summed E-state index contributed by atoms with van der Waals surface area (Å²) >= 11 is 0. The van der Waals surface area contributed by atoms with Crippen LogP contribution < -0.4 is 10.6 Å². The molecule has 8 nitrogen and oxygen atoms in total. The van der Waals surface area contributed by atoms with Gasteiger partial charge in [-0.2, -0.15) is 0 Å². The molecular formula is C18H23N3O5. The van der Waals surface area contributed by atoms with E-state index in [0.29, 0.717) is 17.8 Å². The molecule has 0 atom stereocenters. The summed E-state index contributed by atoms with van der Waals surface area (Å²) in [6.45, 7) is 4.17. The van der Waals surface area contributed by atoms with E-state index in [1.807, 2.05) is 6.92 Å². The number of esters is 1. The fraction of sp³-hybridized carbons (Fsp3) is 0.389. The Kier molecular flexibility index (Phi) is 6.35. The number of hydrogen-bond donors (Lipinski definition) is 3. The Labute approximate surface area is 151 Å². The molecule has 0 aromatic heterocycles. The smallest absolute Gasteiger partial charge is 0.337 e. The molecule has 1 heterocycles. The van der Waals surface area contributed by atoms with Gasteiger partial charge in [-0.25, -0.2) is 4.79 Å². The number of aliphatic hydroxyl groups is 1. The van der Waals surface area contributed by atoms with Gasteiger partial charge in [-0.3, -0.25) is 9.59 Å². The van der Waals surface area contributed by atoms with Crippen molar-refractivity contribution in [2.24, 2.45) is 0 Å². The standard InChI is InChI=1S/C18H23N3O5/c1-4-19-16(23)12-5-6-14(11(2)9-12)20-15-13(18(25)26-3)10-21(7-8-22)17(15)24/h5-6,9,20,22H,4,7-8,10H2,1-3H3,(H,19,23). The predicted octanol–water partition coefficient (Wildman–Crippen LogP) is 0.418. The first kappa shape index (κ1) is 19.5. The zero-order chi connectivity index (χ0) is 19.3. The average molecular weight is 361 g/mol. The second kappa shape index (κ2) is 8.48. The third kappa shape index (κ3) is 4.02. The van der Waals surface area contributed by atoms with Crippen molar-refractivity contribution >= 4 is 23.5 Å². The summed E-state index contributed by atoms with van der Waals surface area (Å²) in [7, 11) is 1.25. The lowest BCUT2D eigenvalue weighted by atomic mass is 10.1. The van der Waals surface area contributed by atoms with Crippen LogP contribution in [0.25, 0.3) is 0 Å². The number of carbonyl (C=O) groups is 3. The molecule has 0 saturated heterocycles. The van der Waals surface area contributed by atoms with Gasteiger partial charge in [-0.15, -0.1) is 0 Å². The predicted molar refractivity (Wildman–Crippen MR) is 95.5 cm³/mol. The van der Waals surface area contributed by atoms with Crippen LogP contribution in [0.5, 0.6) is 0 Å². The maximum Gasteiger partial charge on any atom is 0.337 e. The minimum atomic E-state index is -0.599. The van der Waals surface area contributed by atoms with Gasteiger partial charge in [0.15, 0.2) is 0 Å². The van der Waals surface area contributed by atoms with Gasteiger partial charge in [0.2, 0.25) is 0 Å². The molecule has 1 aromatic rings. The average Bonchev–Trinajstić information content (AvgIpc) is 2.93. The van der Waals surface area contributed by atoms with Gasteiger partial charge in [0, 0.05) is 24.3 Å². The van der Waals surface area contributed by atoms with Crippen molar-refractivity contribution in [2.45, 2.75) is 13.8 Å². The third-order valence-electron chi connectivity index (χ3n) is 4.04. The number of carbonyl (C=O) groups excluding carboxylic acids is 3. The number of β-amino-alcohol motifs (C(OH)–C–C–N with tert-alkyl or cyclic N) is 1. The Morgan fingerprint density at radius 2 is 2.08 bits per heavy atom. The summed E-state index contributed by atoms with van der Waals surface area (Å²) in [5.74, 6) is -1.16. The van der Waals surface area contributed by atoms with Crippen molar-refractivity contribution in [3.63, 3.8) is 0 Å². The van der Waals surface area contributed by atoms with Crippen LogP contribution in [-0.2, 0) is 14.3 Å². The van der Waals surface area contributed by atoms with E-state index in [0.717, 1.165) is 5.56 Å². The van der Waals surface area contributed by atoms with Crippen LogP contribution in [0.1, 0.15) is 22.8 Å². The number of aliphatic hydroxyl groups excluding tert-OH is 1. The number of aryl methyl sites for hydroxylation is 1. The SMILES string of the molecule is CCNC(=O)c1ccc(NC2=C(C(=O)OC)CN(CCO)C2=O)c(C)c1. The van der Waals surface area contributed by atoms with E-state index in [2.05, 4.69) is 10.6 Å². The molecule has 140 valence electrons. The van der Waals surface area contributed by atoms with Gasteiger partial charge in [0.1, 0.15) is 5.70 Å². The van der Waals surface area contributed by atoms with Crippen LogP contribution in [-0.4, -0.2) is 61.1 Å². The Morgan fingerprint density at radius 3 is 2.65 bits per heavy atom. The quantitative estimate of drug-likeness (QED) is 0.608. The molecule has 0 radical (unpaired) electrons. The number of methoxy groups -OCH3 is 1. The number of amides is 2. The highest BCUT2D eigenvalue weighted by atomic mass is 16.5. The van der Waals surface area contributed by atoms with Gasteiger partial charge in [0.05, 0.1) is 25.8 Å². The Bertz CT molecular complexity index is 757. The van der Waals surface area contributed by atoms with Crippen molar-refractivity contribution in [1.29, 1.82) is 0 Å². The van der Waals surface area contributed by atoms with Crippen molar-refractivity contribution < 1.29 is 24.2 Å². The molecule has 8 heteroatoms. The molecule has 0 fully saturated rings. The van der Waals surface area contributed by atoms with Gasteiger partial charge in [-0.1, -0.05) is 0 Å². The number of rotatable bonds is 7. The van der Waals surface area contributed by atoms with E-state index >= 15 is 0 Å². The summed E-state index contributed by atoms with van der Waals surface area (Å²) < 4.78 is 4.75. The van der Waals surface area contributed by atoms with Gasteiger partial charge in [0.25, 0.3) is 11.8 Å². The maximum atomic E-state index is 12.5. The van der Waals surface area contributed by atoms with Crippen molar-refractivity contribution in [3.05, 3.63) is 40.6 Å². The lowest BCUT2D eigenvalue weighted by molar-refractivity contribution is -0.136. The third-order valence-corrected chi connectivity index (χ3v) is 4.04. The maximum absolute atomic E-state index is 12.5. The molecule has 0 aliphatic carbocycles. The monoisotopic (exact) mass is 361 g/mol. The lowest BCUT2D eigenvalue weighted by Gasteiger charge is -2.16. The first-order valence-corrected chi connectivity index (χ1v) is 8.30. The van der Waals surface area contributed by atoms with Crippen LogP contribution in [0.15, 0.2) is 29.5 Å². The Hall–Kier alpha value is -2.87. The van der Waals surface area contributed by atoms with Crippen molar-refractivity contribution in [1.82, 2.24) is 10.2 Å². The van der Waals surface area contributed by atoms with Crippen LogP contribution >= 0.6 is 0 Å². The summed E-state index contributed by atoms with van der Waals surface area (Å²) in [4.78, 5) is 37.8. The van der Waals surface area contributed by atoms with Crippen LogP contribution in [0, 0.1) is 6.92 Å². The van der Waals surface area contributed by atoms with E-state index in [-0.39, 0.29) is 42.8 Å². The highest BCUT2D eigenvalue weighted by Gasteiger charge is 2.34. The molecule has 0 saturated carbocycles. The first-order chi connectivity index (χ1) is 12.4. The van der Waals surface area contributed by atoms with Crippen molar-refractivity contribution in [2.75, 3.05) is 38.7 Å². The summed E-state index contributed by atoms with van der Waals surface area (Å²) in [6, 6.07) is 5.03. The molecule has 1 aliphatic rings. The molecule has 2 amide bonds. The normalized spacial score (nSPS) is 13.8. The van der Waals surface area contributed by atoms with Crippen LogP contribution in [0.2, 0.25) is 0 Å². The van der Waals surface area contributed by atoms with E-state index in [1.165, 1.54) is 12.0 Å². The first-order valence-electron chi connectivity index (χ1n) is 8.30. The highest BCUT2D eigenvalue weighted by molar-refractivity contribution is 6.08. The zero-order valence-corrected chi connectivity index (χ0v) is 15.1. The topological polar surface area (TPSA) is 108 Å². The molecule has 0 spiro atoms. The molecular weight excluding hydrogens is 338 g/mol. The number of nitrogens with one attached hydrogen (secondary N) is 2. The molecule has 3 N–H and O–H groups in total. The number of benzene rings is 1. The van der Waals surface area contributed by atoms with E-state index in [4.69, 9.17) is 9.84 Å². The molecule has 26 heavy (non-hydrogen) atoms. The fourth-order valence-corrected chi connectivity index (χ4v) is 2.69. The van der Waals surface area contributed by atoms with E-state index < -0.39 is 5.97 Å². The number of ether oxygens (including phenoxy) is 1. The summed E-state index contributed by atoms with van der Waals surface area (Å²) in [5, 5.41) is 14.8. The van der Waals surface area contributed by atoms with Crippen molar-refractivity contribution in [3.8, 4) is 0 Å². The lowest BCUT2D eigenvalue weighted by Crippen LogP contribution is -2.31. The van der Waals surface area contributed by atoms with E-state index in [1.54, 1.807) is 25.1 Å². The number of hydrogen-bond acceptors (Lipinski definition) is 6. The molecule has 0 bridgehead atoms. The fourth-order valence-electron chi connectivity index (χ4n) is 2.69. The van der Waals surface area contributed by atoms with Crippen LogP contribution in [0.4, 0.5) is 5.69 Å². The molecule has 2 rings (SSSR count). The highest BCUT2D eigenvalue weighted by Crippen LogP contribution is 2.25. The summed E-state index contributed by atoms with van der Waals surface area (Å²) in [6.07, 6.45) is 0. The zero-order valence-electron chi connectivity index (χ0n) is 15.1. The van der Waals surface area contributed by atoms with Gasteiger partial charge in [-0.05, 0) is 37.6 Å². The number of nitrogens with zero attached hydrogens (tertiary/aromatic N) is 1. The van der Waals surface area contributed by atoms with E-state index in [9.17, 15) is 14.4 Å². The second-order valence-corrected chi connectivity index (χ2v) is 5.81. The van der Waals surface area contributed by atoms with Gasteiger partial charge < -0.3 is 25.4 Å². The number of anilines is 1. The largest absolute Gasteiger partial charge is 0.466 e. The Morgan fingerprint density at radius 1 is 1.35 bits per heavy atom. The Balaban J connectivity index is 2.30.